The molecule has 2 atom stereocenters. The summed E-state index contributed by atoms with van der Waals surface area (Å²) in [4.78, 5) is 0. The second-order valence-electron chi connectivity index (χ2n) is 6.23. The number of unbranched alkanes of at least 4 members (excludes halogenated alkanes) is 3. The van der Waals surface area contributed by atoms with Crippen LogP contribution in [0.15, 0.2) is 72.8 Å². The molecule has 0 radical (unpaired) electrons. The van der Waals surface area contributed by atoms with E-state index in [1.807, 2.05) is 12.1 Å². The zero-order chi connectivity index (χ0) is 16.6. The van der Waals surface area contributed by atoms with Crippen LogP contribution in [-0.2, 0) is 9.47 Å². The van der Waals surface area contributed by atoms with Crippen LogP contribution in [0.1, 0.15) is 55.9 Å². The topological polar surface area (TPSA) is 18.5 Å². The van der Waals surface area contributed by atoms with Crippen LogP contribution in [0.2, 0.25) is 0 Å². The molecule has 0 aliphatic carbocycles. The van der Waals surface area contributed by atoms with Gasteiger partial charge in [-0.1, -0.05) is 86.5 Å². The molecule has 3 rings (SSSR count). The Morgan fingerprint density at radius 2 is 1.33 bits per heavy atom. The molecule has 2 nitrogen and oxygen atoms in total. The Kier molecular flexibility index (Phi) is 6.22. The number of benzene rings is 2. The summed E-state index contributed by atoms with van der Waals surface area (Å²) in [5, 5.41) is 0. The van der Waals surface area contributed by atoms with E-state index < -0.39 is 0 Å². The lowest BCUT2D eigenvalue weighted by atomic mass is 9.99. The molecule has 24 heavy (non-hydrogen) atoms. The zero-order valence-corrected chi connectivity index (χ0v) is 14.3. The van der Waals surface area contributed by atoms with Gasteiger partial charge in [0, 0.05) is 0 Å². The summed E-state index contributed by atoms with van der Waals surface area (Å²) in [6.07, 6.45) is 8.67. The molecule has 0 N–H and O–H groups in total. The van der Waals surface area contributed by atoms with Gasteiger partial charge in [0.25, 0.3) is 0 Å². The Bertz CT molecular complexity index is 573. The first-order valence-corrected chi connectivity index (χ1v) is 8.96. The smallest absolute Gasteiger partial charge is 0.178 e. The van der Waals surface area contributed by atoms with Crippen LogP contribution in [-0.4, -0.2) is 6.29 Å². The summed E-state index contributed by atoms with van der Waals surface area (Å²) in [5.74, 6) is 0. The maximum absolute atomic E-state index is 6.21. The zero-order valence-electron chi connectivity index (χ0n) is 14.3. The maximum Gasteiger partial charge on any atom is 0.178 e. The molecule has 1 saturated heterocycles. The van der Waals surface area contributed by atoms with Gasteiger partial charge in [0.05, 0.1) is 0 Å². The van der Waals surface area contributed by atoms with E-state index in [0.29, 0.717) is 0 Å². The molecule has 0 spiro atoms. The number of hydrogen-bond acceptors (Lipinski definition) is 2. The number of allylic oxidation sites excluding steroid dienone is 1. The quantitative estimate of drug-likeness (QED) is 0.461. The molecule has 2 aromatic carbocycles. The molecule has 0 saturated carbocycles. The van der Waals surface area contributed by atoms with Gasteiger partial charge in [0.15, 0.2) is 6.29 Å². The van der Waals surface area contributed by atoms with E-state index in [2.05, 4.69) is 67.6 Å². The molecule has 0 bridgehead atoms. The van der Waals surface area contributed by atoms with Crippen LogP contribution < -0.4 is 0 Å². The Morgan fingerprint density at radius 1 is 0.792 bits per heavy atom. The third-order valence-electron chi connectivity index (χ3n) is 4.36. The minimum Gasteiger partial charge on any atom is -0.338 e. The van der Waals surface area contributed by atoms with E-state index in [-0.39, 0.29) is 18.5 Å². The van der Waals surface area contributed by atoms with E-state index in [1.165, 1.54) is 19.3 Å². The lowest BCUT2D eigenvalue weighted by molar-refractivity contribution is -0.0292. The first-order valence-electron chi connectivity index (χ1n) is 8.96. The van der Waals surface area contributed by atoms with Crippen LogP contribution in [0.4, 0.5) is 0 Å². The summed E-state index contributed by atoms with van der Waals surface area (Å²) >= 11 is 0. The Morgan fingerprint density at radius 3 is 1.83 bits per heavy atom. The highest BCUT2D eigenvalue weighted by molar-refractivity contribution is 5.26. The minimum atomic E-state index is -0.276. The first kappa shape index (κ1) is 16.9. The summed E-state index contributed by atoms with van der Waals surface area (Å²) in [7, 11) is 0. The lowest BCUT2D eigenvalue weighted by Crippen LogP contribution is -2.06. The molecule has 0 unspecified atom stereocenters. The lowest BCUT2D eigenvalue weighted by Gasteiger charge is -2.17. The van der Waals surface area contributed by atoms with Crippen molar-refractivity contribution in [3.8, 4) is 0 Å². The van der Waals surface area contributed by atoms with Crippen molar-refractivity contribution in [2.45, 2.75) is 51.1 Å². The average Bonchev–Trinajstić information content (AvgIpc) is 3.07. The van der Waals surface area contributed by atoms with Crippen LogP contribution in [0.3, 0.4) is 0 Å². The van der Waals surface area contributed by atoms with E-state index in [9.17, 15) is 0 Å². The predicted octanol–water partition coefficient (Wildman–Crippen LogP) is 5.98. The summed E-state index contributed by atoms with van der Waals surface area (Å²) in [6.45, 7) is 2.22. The summed E-state index contributed by atoms with van der Waals surface area (Å²) < 4.78 is 12.4. The molecule has 2 heteroatoms. The normalized spacial score (nSPS) is 21.5. The number of rotatable bonds is 7. The largest absolute Gasteiger partial charge is 0.338 e. The van der Waals surface area contributed by atoms with E-state index in [1.54, 1.807) is 0 Å². The molecule has 126 valence electrons. The van der Waals surface area contributed by atoms with Crippen molar-refractivity contribution in [1.82, 2.24) is 0 Å². The van der Waals surface area contributed by atoms with Gasteiger partial charge in [-0.15, -0.1) is 0 Å². The third-order valence-corrected chi connectivity index (χ3v) is 4.36. The fourth-order valence-electron chi connectivity index (χ4n) is 3.07. The summed E-state index contributed by atoms with van der Waals surface area (Å²) in [6, 6.07) is 20.7. The van der Waals surface area contributed by atoms with Crippen LogP contribution in [0.25, 0.3) is 0 Å². The first-order chi connectivity index (χ1) is 11.9. The highest BCUT2D eigenvalue weighted by atomic mass is 16.7. The van der Waals surface area contributed by atoms with Crippen molar-refractivity contribution in [2.75, 3.05) is 0 Å². The predicted molar refractivity (Wildman–Crippen MR) is 97.6 cm³/mol. The van der Waals surface area contributed by atoms with Crippen LogP contribution in [0.5, 0.6) is 0 Å². The van der Waals surface area contributed by atoms with Gasteiger partial charge in [0.2, 0.25) is 0 Å². The van der Waals surface area contributed by atoms with Crippen molar-refractivity contribution in [2.24, 2.45) is 0 Å². The Balaban J connectivity index is 1.73. The van der Waals surface area contributed by atoms with Crippen LogP contribution in [0, 0.1) is 0 Å². The second-order valence-corrected chi connectivity index (χ2v) is 6.23. The van der Waals surface area contributed by atoms with Crippen molar-refractivity contribution in [1.29, 1.82) is 0 Å². The van der Waals surface area contributed by atoms with Gasteiger partial charge in [-0.3, -0.25) is 0 Å². The standard InChI is InChI=1S/C22H26O2/c1-2-3-4-5-12-17-20-23-21(18-13-8-6-9-14-18)22(24-20)19-15-10-7-11-16-19/h6-17,20-22H,2-5H2,1H3/b17-12+/t21-,22-/m1/s1. The molecule has 0 amide bonds. The Hall–Kier alpha value is -1.90. The highest BCUT2D eigenvalue weighted by Crippen LogP contribution is 2.42. The van der Waals surface area contributed by atoms with Crippen molar-refractivity contribution < 1.29 is 9.47 Å². The fraction of sp³-hybridized carbons (Fsp3) is 0.364. The second kappa shape index (κ2) is 8.81. The highest BCUT2D eigenvalue weighted by Gasteiger charge is 2.36. The van der Waals surface area contributed by atoms with Crippen LogP contribution >= 0.6 is 0 Å². The van der Waals surface area contributed by atoms with Crippen molar-refractivity contribution in [3.63, 3.8) is 0 Å². The molecule has 1 heterocycles. The van der Waals surface area contributed by atoms with Crippen molar-refractivity contribution >= 4 is 0 Å². The molecule has 1 aliphatic heterocycles. The van der Waals surface area contributed by atoms with E-state index in [4.69, 9.17) is 9.47 Å². The average molecular weight is 322 g/mol. The van der Waals surface area contributed by atoms with E-state index >= 15 is 0 Å². The van der Waals surface area contributed by atoms with E-state index in [0.717, 1.165) is 17.5 Å². The third kappa shape index (κ3) is 4.34. The van der Waals surface area contributed by atoms with Gasteiger partial charge < -0.3 is 9.47 Å². The monoisotopic (exact) mass is 322 g/mol. The number of hydrogen-bond donors (Lipinski definition) is 0. The maximum atomic E-state index is 6.21. The van der Waals surface area contributed by atoms with Gasteiger partial charge >= 0.3 is 0 Å². The minimum absolute atomic E-state index is 0.0705. The summed E-state index contributed by atoms with van der Waals surface area (Å²) in [5.41, 5.74) is 2.32. The van der Waals surface area contributed by atoms with Gasteiger partial charge in [-0.05, 0) is 30.0 Å². The molecule has 2 aromatic rings. The molecular weight excluding hydrogens is 296 g/mol. The number of ether oxygens (including phenoxy) is 2. The fourth-order valence-corrected chi connectivity index (χ4v) is 3.07. The SMILES string of the molecule is CCCCC/C=C/C1O[C@H](c2ccccc2)[C@@H](c2ccccc2)O1. The molecule has 0 aromatic heterocycles. The van der Waals surface area contributed by atoms with Gasteiger partial charge in [0.1, 0.15) is 12.2 Å². The molecule has 1 aliphatic rings. The van der Waals surface area contributed by atoms with Gasteiger partial charge in [-0.2, -0.15) is 0 Å². The molecule has 1 fully saturated rings. The van der Waals surface area contributed by atoms with Crippen molar-refractivity contribution in [3.05, 3.63) is 83.9 Å². The molecular formula is C22H26O2. The van der Waals surface area contributed by atoms with Gasteiger partial charge in [-0.25, -0.2) is 0 Å². The Labute approximate surface area is 145 Å².